The van der Waals surface area contributed by atoms with Crippen molar-refractivity contribution in [1.29, 1.82) is 0 Å². The Morgan fingerprint density at radius 3 is 2.81 bits per heavy atom. The maximum Gasteiger partial charge on any atom is 0.191 e. The first kappa shape index (κ1) is 18.8. The molecule has 1 fully saturated rings. The van der Waals surface area contributed by atoms with Crippen molar-refractivity contribution in [2.24, 2.45) is 0 Å². The fourth-order valence-corrected chi connectivity index (χ4v) is 4.24. The Labute approximate surface area is 165 Å². The molecule has 2 aromatic rings. The summed E-state index contributed by atoms with van der Waals surface area (Å²) in [5.41, 5.74) is 0.736. The number of aliphatic hydroxyl groups excluding tert-OH is 2. The van der Waals surface area contributed by atoms with Gasteiger partial charge in [-0.05, 0) is 31.8 Å². The Kier molecular flexibility index (Phi) is 4.53. The lowest BCUT2D eigenvalue weighted by Crippen LogP contribution is -2.44. The zero-order chi connectivity index (χ0) is 19.5. The molecule has 0 saturated carbocycles. The Bertz CT molecular complexity index is 971. The van der Waals surface area contributed by atoms with Gasteiger partial charge in [-0.15, -0.1) is 0 Å². The average Bonchev–Trinajstić information content (AvgIpc) is 3.06. The van der Waals surface area contributed by atoms with Crippen LogP contribution in [0, 0.1) is 0 Å². The third-order valence-corrected chi connectivity index (χ3v) is 5.80. The minimum absolute atomic E-state index is 0.398. The maximum atomic E-state index is 10.9. The van der Waals surface area contributed by atoms with Gasteiger partial charge >= 0.3 is 0 Å². The van der Waals surface area contributed by atoms with Gasteiger partial charge in [0.2, 0.25) is 0 Å². The van der Waals surface area contributed by atoms with Crippen molar-refractivity contribution in [1.82, 2.24) is 14.5 Å². The molecule has 8 nitrogen and oxygen atoms in total. The number of thiocarbonyl (C=S) groups is 1. The third kappa shape index (κ3) is 2.79. The van der Waals surface area contributed by atoms with E-state index in [1.54, 1.807) is 4.57 Å². The van der Waals surface area contributed by atoms with Gasteiger partial charge in [0, 0.05) is 11.8 Å². The van der Waals surface area contributed by atoms with Crippen molar-refractivity contribution in [2.75, 3.05) is 18.2 Å². The molecule has 4 atom stereocenters. The number of anilines is 1. The summed E-state index contributed by atoms with van der Waals surface area (Å²) in [7, 11) is 0. The summed E-state index contributed by atoms with van der Waals surface area (Å²) in [6, 6.07) is 0. The van der Waals surface area contributed by atoms with Crippen LogP contribution >= 0.6 is 24.0 Å². The van der Waals surface area contributed by atoms with Crippen LogP contribution in [0.2, 0.25) is 0 Å². The molecular weight excluding hydrogens is 388 g/mol. The number of hydrogen-bond acceptors (Lipinski definition) is 8. The molecule has 0 spiro atoms. The van der Waals surface area contributed by atoms with Crippen LogP contribution in [0.25, 0.3) is 16.6 Å². The minimum Gasteiger partial charge on any atom is -0.394 e. The highest BCUT2D eigenvalue weighted by Crippen LogP contribution is 2.43. The van der Waals surface area contributed by atoms with Crippen molar-refractivity contribution in [2.45, 2.75) is 43.0 Å². The molecule has 1 saturated heterocycles. The van der Waals surface area contributed by atoms with Gasteiger partial charge in [-0.2, -0.15) is 0 Å². The first-order valence-electron chi connectivity index (χ1n) is 8.41. The molecule has 4 N–H and O–H groups in total. The van der Waals surface area contributed by atoms with Crippen LogP contribution in [0.3, 0.4) is 0 Å². The van der Waals surface area contributed by atoms with Gasteiger partial charge in [0.05, 0.1) is 12.0 Å². The zero-order valence-corrected chi connectivity index (χ0v) is 16.6. The van der Waals surface area contributed by atoms with E-state index >= 15 is 0 Å². The van der Waals surface area contributed by atoms with Crippen molar-refractivity contribution in [3.63, 3.8) is 0 Å². The van der Waals surface area contributed by atoms with E-state index in [2.05, 4.69) is 15.3 Å². The van der Waals surface area contributed by atoms with E-state index < -0.39 is 30.6 Å². The molecule has 2 aliphatic heterocycles. The molecule has 0 aromatic carbocycles. The van der Waals surface area contributed by atoms with Crippen molar-refractivity contribution < 1.29 is 20.1 Å². The first-order chi connectivity index (χ1) is 12.8. The van der Waals surface area contributed by atoms with Crippen LogP contribution in [-0.4, -0.2) is 65.5 Å². The summed E-state index contributed by atoms with van der Waals surface area (Å²) >= 11 is 6.73. The highest BCUT2D eigenvalue weighted by molar-refractivity contribution is 7.98. The number of hydrogen-bond donors (Lipinski definition) is 4. The van der Waals surface area contributed by atoms with Crippen LogP contribution < -0.4 is 5.32 Å². The van der Waals surface area contributed by atoms with Gasteiger partial charge in [0.15, 0.2) is 11.4 Å². The maximum absolute atomic E-state index is 10.9. The van der Waals surface area contributed by atoms with Gasteiger partial charge in [0.25, 0.3) is 0 Å². The quantitative estimate of drug-likeness (QED) is 0.339. The fourth-order valence-electron chi connectivity index (χ4n) is 3.61. The number of thioether (sulfide) groups is 1. The smallest absolute Gasteiger partial charge is 0.191 e. The molecule has 4 heterocycles. The number of ether oxygens (including phenoxy) is 1. The molecule has 2 aromatic heterocycles. The third-order valence-electron chi connectivity index (χ3n) is 5.04. The highest BCUT2D eigenvalue weighted by atomic mass is 32.2. The lowest BCUT2D eigenvalue weighted by atomic mass is 9.96. The first-order valence-corrected chi connectivity index (χ1v) is 10.0. The molecule has 144 valence electrons. The summed E-state index contributed by atoms with van der Waals surface area (Å²) in [4.78, 5) is 9.70. The van der Waals surface area contributed by atoms with Crippen molar-refractivity contribution in [3.05, 3.63) is 17.8 Å². The number of rotatable bonds is 3. The summed E-state index contributed by atoms with van der Waals surface area (Å²) in [5, 5.41) is 35.2. The largest absolute Gasteiger partial charge is 0.394 e. The average molecular weight is 409 g/mol. The van der Waals surface area contributed by atoms with Crippen molar-refractivity contribution in [3.8, 4) is 0 Å². The van der Waals surface area contributed by atoms with Gasteiger partial charge < -0.3 is 29.9 Å². The molecule has 4 rings (SSSR count). The van der Waals surface area contributed by atoms with E-state index in [9.17, 15) is 15.3 Å². The molecule has 0 amide bonds. The molecular formula is C17H20N4O4S2. The van der Waals surface area contributed by atoms with Gasteiger partial charge in [0.1, 0.15) is 34.3 Å². The Balaban J connectivity index is 1.98. The van der Waals surface area contributed by atoms with Crippen LogP contribution in [0.4, 0.5) is 5.82 Å². The fraction of sp³-hybridized carbons (Fsp3) is 0.471. The number of nitrogens with one attached hydrogen (secondary N) is 1. The zero-order valence-electron chi connectivity index (χ0n) is 15.0. The molecule has 0 bridgehead atoms. The molecule has 0 radical (unpaired) electrons. The summed E-state index contributed by atoms with van der Waals surface area (Å²) in [5.74, 6) is 0.591. The highest BCUT2D eigenvalue weighted by Gasteiger charge is 2.53. The van der Waals surface area contributed by atoms with Crippen molar-refractivity contribution >= 4 is 51.4 Å². The lowest BCUT2D eigenvalue weighted by Gasteiger charge is -2.27. The summed E-state index contributed by atoms with van der Waals surface area (Å²) < 4.78 is 7.49. The normalized spacial score (nSPS) is 30.4. The Morgan fingerprint density at radius 2 is 2.19 bits per heavy atom. The Morgan fingerprint density at radius 1 is 1.44 bits per heavy atom. The summed E-state index contributed by atoms with van der Waals surface area (Å²) in [6.45, 7) is 3.03. The monoisotopic (exact) mass is 408 g/mol. The molecule has 0 aliphatic carbocycles. The topological polar surface area (TPSA) is 113 Å². The predicted molar refractivity (Wildman–Crippen MR) is 107 cm³/mol. The van der Waals surface area contributed by atoms with Crippen LogP contribution in [0.1, 0.15) is 25.6 Å². The van der Waals surface area contributed by atoms with E-state index in [-0.39, 0.29) is 0 Å². The van der Waals surface area contributed by atoms with E-state index in [0.29, 0.717) is 21.6 Å². The second-order valence-electron chi connectivity index (χ2n) is 6.90. The molecule has 2 unspecified atom stereocenters. The number of aliphatic hydroxyl groups is 3. The SMILES string of the molecule is CSc1nc2c3c(cn(C4O[C@H](CO)[C@@H](O)C4(C)O)c3n1)C(C)=CC(=S)N2. The van der Waals surface area contributed by atoms with Gasteiger partial charge in [-0.1, -0.05) is 24.0 Å². The second-order valence-corrected chi connectivity index (χ2v) is 8.12. The van der Waals surface area contributed by atoms with Crippen LogP contribution in [-0.2, 0) is 4.74 Å². The lowest BCUT2D eigenvalue weighted by molar-refractivity contribution is -0.0948. The second kappa shape index (κ2) is 6.50. The molecule has 2 aliphatic rings. The Hall–Kier alpha value is -1.56. The van der Waals surface area contributed by atoms with E-state index in [4.69, 9.17) is 17.0 Å². The summed E-state index contributed by atoms with van der Waals surface area (Å²) in [6.07, 6.45) is 2.49. The van der Waals surface area contributed by atoms with E-state index in [0.717, 1.165) is 16.5 Å². The van der Waals surface area contributed by atoms with E-state index in [1.807, 2.05) is 25.5 Å². The molecule has 27 heavy (non-hydrogen) atoms. The number of nitrogens with zero attached hydrogens (tertiary/aromatic N) is 3. The van der Waals surface area contributed by atoms with Gasteiger partial charge in [-0.3, -0.25) is 0 Å². The van der Waals surface area contributed by atoms with Crippen LogP contribution in [0.15, 0.2) is 17.4 Å². The number of allylic oxidation sites excluding steroid dienone is 1. The minimum atomic E-state index is -1.61. The van der Waals surface area contributed by atoms with Gasteiger partial charge in [-0.25, -0.2) is 9.97 Å². The van der Waals surface area contributed by atoms with Crippen LogP contribution in [0.5, 0.6) is 0 Å². The number of aromatic nitrogens is 3. The standard InChI is InChI=1S/C17H20N4O4S2/c1-7-4-10(26)18-13-11-8(7)5-21(14(11)20-16(19-13)27-3)15-17(2,24)12(23)9(6-22)25-15/h4-5,9,12,15,22-24H,6H2,1-3H3,(H,18,19,20,26)/t9-,12-,15?,17?/m1/s1. The predicted octanol–water partition coefficient (Wildman–Crippen LogP) is 1.31. The van der Waals surface area contributed by atoms with E-state index in [1.165, 1.54) is 18.7 Å². The molecule has 10 heteroatoms.